The Morgan fingerprint density at radius 2 is 1.83 bits per heavy atom. The topological polar surface area (TPSA) is 44.9 Å². The van der Waals surface area contributed by atoms with Crippen molar-refractivity contribution in [1.29, 1.82) is 0 Å². The summed E-state index contributed by atoms with van der Waals surface area (Å²) < 4.78 is 38.9. The molecule has 2 N–H and O–H groups in total. The molecule has 0 saturated heterocycles. The number of aryl methyl sites for hydroxylation is 1. The van der Waals surface area contributed by atoms with Crippen molar-refractivity contribution in [2.75, 3.05) is 5.32 Å². The van der Waals surface area contributed by atoms with Crippen LogP contribution in [0.2, 0.25) is 0 Å². The van der Waals surface area contributed by atoms with E-state index < -0.39 is 17.6 Å². The molecule has 1 unspecified atom stereocenters. The molecule has 0 bridgehead atoms. The van der Waals surface area contributed by atoms with Crippen molar-refractivity contribution in [3.05, 3.63) is 88.2 Å². The smallest absolute Gasteiger partial charge is 0.359 e. The van der Waals surface area contributed by atoms with Gasteiger partial charge in [0.15, 0.2) is 0 Å². The highest BCUT2D eigenvalue weighted by molar-refractivity contribution is 6.34. The van der Waals surface area contributed by atoms with Gasteiger partial charge in [-0.05, 0) is 54.7 Å². The molecule has 1 aliphatic heterocycles. The number of aromatic amines is 1. The predicted molar refractivity (Wildman–Crippen MR) is 110 cm³/mol. The minimum Gasteiger partial charge on any atom is -0.359 e. The van der Waals surface area contributed by atoms with Crippen molar-refractivity contribution in [1.82, 2.24) is 4.98 Å². The van der Waals surface area contributed by atoms with Crippen molar-refractivity contribution in [2.24, 2.45) is 0 Å². The Kier molecular flexibility index (Phi) is 4.31. The van der Waals surface area contributed by atoms with E-state index in [0.29, 0.717) is 17.1 Å². The zero-order valence-electron chi connectivity index (χ0n) is 16.0. The number of carbonyl (C=O) groups is 1. The van der Waals surface area contributed by atoms with Crippen LogP contribution < -0.4 is 5.32 Å². The van der Waals surface area contributed by atoms with Gasteiger partial charge in [-0.3, -0.25) is 4.79 Å². The van der Waals surface area contributed by atoms with Crippen molar-refractivity contribution >= 4 is 23.2 Å². The zero-order valence-corrected chi connectivity index (χ0v) is 16.0. The fraction of sp³-hybridized carbons (Fsp3) is 0.208. The normalized spacial score (nSPS) is 19.5. The number of H-pyrrole nitrogens is 1. The molecule has 0 fully saturated rings. The lowest BCUT2D eigenvalue weighted by Gasteiger charge is -2.22. The van der Waals surface area contributed by atoms with Gasteiger partial charge in [-0.2, -0.15) is 13.2 Å². The van der Waals surface area contributed by atoms with E-state index in [-0.39, 0.29) is 5.69 Å². The number of carbonyl (C=O) groups excluding carboxylic acids is 1. The zero-order chi connectivity index (χ0) is 20.9. The Hall–Kier alpha value is -3.28. The first kappa shape index (κ1) is 18.7. The van der Waals surface area contributed by atoms with Gasteiger partial charge < -0.3 is 10.3 Å². The summed E-state index contributed by atoms with van der Waals surface area (Å²) in [7, 11) is 0. The summed E-state index contributed by atoms with van der Waals surface area (Å²) in [5, 5.41) is 2.56. The number of hydrogen-bond donors (Lipinski definition) is 2. The molecule has 1 amide bonds. The molecule has 0 radical (unpaired) electrons. The van der Waals surface area contributed by atoms with Crippen molar-refractivity contribution < 1.29 is 18.0 Å². The summed E-state index contributed by atoms with van der Waals surface area (Å²) in [6.07, 6.45) is 0.368. The van der Waals surface area contributed by atoms with Crippen LogP contribution in [0, 0.1) is 0 Å². The molecule has 3 aromatic rings. The fourth-order valence-corrected chi connectivity index (χ4v) is 4.47. The molecule has 0 spiro atoms. The summed E-state index contributed by atoms with van der Waals surface area (Å²) in [6.45, 7) is 0. The Balaban J connectivity index is 1.52. The van der Waals surface area contributed by atoms with Crippen molar-refractivity contribution in [3.63, 3.8) is 0 Å². The molecule has 1 atom stereocenters. The Morgan fingerprint density at radius 3 is 2.60 bits per heavy atom. The van der Waals surface area contributed by atoms with Crippen LogP contribution in [0.5, 0.6) is 0 Å². The molecule has 0 saturated carbocycles. The third-order valence-corrected chi connectivity index (χ3v) is 5.88. The second-order valence-corrected chi connectivity index (χ2v) is 7.78. The molecule has 2 aromatic carbocycles. The van der Waals surface area contributed by atoms with Gasteiger partial charge in [0, 0.05) is 28.6 Å². The van der Waals surface area contributed by atoms with Crippen molar-refractivity contribution in [3.8, 4) is 0 Å². The second-order valence-electron chi connectivity index (χ2n) is 7.78. The average Bonchev–Trinajstić information content (AvgIpc) is 3.28. The van der Waals surface area contributed by atoms with Gasteiger partial charge in [-0.1, -0.05) is 36.4 Å². The average molecular weight is 408 g/mol. The molecule has 2 aliphatic rings. The Labute approximate surface area is 171 Å². The van der Waals surface area contributed by atoms with Gasteiger partial charge in [0.05, 0.1) is 11.1 Å². The number of fused-ring (bicyclic) bond motifs is 2. The number of nitrogens with one attached hydrogen (secondary N) is 2. The lowest BCUT2D eigenvalue weighted by atomic mass is 9.82. The first-order valence-electron chi connectivity index (χ1n) is 9.91. The molecule has 30 heavy (non-hydrogen) atoms. The first-order valence-corrected chi connectivity index (χ1v) is 9.91. The van der Waals surface area contributed by atoms with Gasteiger partial charge in [0.25, 0.3) is 5.91 Å². The minimum atomic E-state index is -4.45. The van der Waals surface area contributed by atoms with Crippen molar-refractivity contribution in [2.45, 2.75) is 31.4 Å². The van der Waals surface area contributed by atoms with Crippen LogP contribution in [0.1, 0.15) is 52.4 Å². The van der Waals surface area contributed by atoms with Gasteiger partial charge in [-0.15, -0.1) is 0 Å². The number of benzene rings is 2. The standard InChI is InChI=1S/C24H19F3N2O/c25-24(26,27)15-9-10-18-20(23(30)29-22(18)11-15)13-16-12-19-17(7-4-8-21(19)28-16)14-5-2-1-3-6-14/h1-3,5-6,9-13,17,28H,4,7-8H2,(H,29,30). The molecular weight excluding hydrogens is 389 g/mol. The van der Waals surface area contributed by atoms with E-state index in [2.05, 4.69) is 28.5 Å². The third-order valence-electron chi connectivity index (χ3n) is 5.88. The van der Waals surface area contributed by atoms with Gasteiger partial charge >= 0.3 is 6.18 Å². The Morgan fingerprint density at radius 1 is 1.03 bits per heavy atom. The van der Waals surface area contributed by atoms with Crippen LogP contribution in [0.25, 0.3) is 11.6 Å². The highest BCUT2D eigenvalue weighted by atomic mass is 19.4. The summed E-state index contributed by atoms with van der Waals surface area (Å²) in [4.78, 5) is 15.9. The molecule has 2 heterocycles. The highest BCUT2D eigenvalue weighted by Gasteiger charge is 2.33. The molecular formula is C24H19F3N2O. The maximum absolute atomic E-state index is 13.0. The number of hydrogen-bond acceptors (Lipinski definition) is 1. The number of rotatable bonds is 2. The van der Waals surface area contributed by atoms with Crippen LogP contribution >= 0.6 is 0 Å². The molecule has 3 nitrogen and oxygen atoms in total. The van der Waals surface area contributed by atoms with Crippen LogP contribution in [0.3, 0.4) is 0 Å². The number of alkyl halides is 3. The summed E-state index contributed by atoms with van der Waals surface area (Å²) in [5.74, 6) is -0.0890. The number of aromatic nitrogens is 1. The molecule has 1 aliphatic carbocycles. The fourth-order valence-electron chi connectivity index (χ4n) is 4.47. The van der Waals surface area contributed by atoms with Gasteiger partial charge in [0.2, 0.25) is 0 Å². The maximum atomic E-state index is 13.0. The summed E-state index contributed by atoms with van der Waals surface area (Å²) in [5.41, 5.74) is 4.72. The Bertz CT molecular complexity index is 1160. The van der Waals surface area contributed by atoms with Crippen LogP contribution in [-0.4, -0.2) is 10.9 Å². The predicted octanol–water partition coefficient (Wildman–Crippen LogP) is 5.99. The van der Waals surface area contributed by atoms with Crippen LogP contribution in [0.4, 0.5) is 18.9 Å². The number of halogens is 3. The van der Waals surface area contributed by atoms with E-state index in [9.17, 15) is 18.0 Å². The van der Waals surface area contributed by atoms with E-state index in [4.69, 9.17) is 0 Å². The highest BCUT2D eigenvalue weighted by Crippen LogP contribution is 2.40. The van der Waals surface area contributed by atoms with E-state index in [1.54, 1.807) is 6.08 Å². The van der Waals surface area contributed by atoms with E-state index in [1.807, 2.05) is 18.2 Å². The third kappa shape index (κ3) is 3.22. The molecule has 5 rings (SSSR count). The van der Waals surface area contributed by atoms with Crippen LogP contribution in [0.15, 0.2) is 54.6 Å². The SMILES string of the molecule is O=C1Nc2cc(C(F)(F)F)ccc2C1=Cc1cc2c([nH]1)CCCC2c1ccccc1. The van der Waals surface area contributed by atoms with Gasteiger partial charge in [-0.25, -0.2) is 0 Å². The monoisotopic (exact) mass is 408 g/mol. The van der Waals surface area contributed by atoms with Gasteiger partial charge in [0.1, 0.15) is 0 Å². The summed E-state index contributed by atoms with van der Waals surface area (Å²) in [6, 6.07) is 15.7. The molecule has 6 heteroatoms. The number of amides is 1. The largest absolute Gasteiger partial charge is 0.416 e. The lowest BCUT2D eigenvalue weighted by molar-refractivity contribution is -0.137. The maximum Gasteiger partial charge on any atom is 0.416 e. The van der Waals surface area contributed by atoms with E-state index in [0.717, 1.165) is 42.8 Å². The summed E-state index contributed by atoms with van der Waals surface area (Å²) >= 11 is 0. The lowest BCUT2D eigenvalue weighted by Crippen LogP contribution is -2.09. The van der Waals surface area contributed by atoms with E-state index >= 15 is 0 Å². The second kappa shape index (κ2) is 6.90. The minimum absolute atomic E-state index is 0.194. The van der Waals surface area contributed by atoms with E-state index in [1.165, 1.54) is 17.2 Å². The number of anilines is 1. The van der Waals surface area contributed by atoms with Crippen LogP contribution in [-0.2, 0) is 17.4 Å². The first-order chi connectivity index (χ1) is 14.4. The molecule has 1 aromatic heterocycles. The molecule has 152 valence electrons. The quantitative estimate of drug-likeness (QED) is 0.502.